The predicted molar refractivity (Wildman–Crippen MR) is 61.3 cm³/mol. The number of rotatable bonds is 4. The van der Waals surface area contributed by atoms with Crippen LogP contribution in [0, 0.1) is 5.82 Å². The quantitative estimate of drug-likeness (QED) is 0.883. The van der Waals surface area contributed by atoms with Gasteiger partial charge in [-0.2, -0.15) is 0 Å². The molecule has 0 aliphatic heterocycles. The predicted octanol–water partition coefficient (Wildman–Crippen LogP) is 2.14. The molecule has 3 nitrogen and oxygen atoms in total. The van der Waals surface area contributed by atoms with Gasteiger partial charge >= 0.3 is 0 Å². The smallest absolute Gasteiger partial charge is 0.239 e. The Kier molecular flexibility index (Phi) is 4.55. The van der Waals surface area contributed by atoms with Gasteiger partial charge in [-0.05, 0) is 41.1 Å². The summed E-state index contributed by atoms with van der Waals surface area (Å²) in [5.41, 5.74) is 0.703. The van der Waals surface area contributed by atoms with E-state index in [-0.39, 0.29) is 18.3 Å². The van der Waals surface area contributed by atoms with Gasteiger partial charge in [0.15, 0.2) is 0 Å². The zero-order valence-electron chi connectivity index (χ0n) is 8.31. The summed E-state index contributed by atoms with van der Waals surface area (Å²) < 4.78 is 13.2. The third kappa shape index (κ3) is 3.87. The van der Waals surface area contributed by atoms with Crippen molar-refractivity contribution in [2.24, 2.45) is 0 Å². The fraction of sp³-hybridized carbons (Fsp3) is 0.300. The van der Waals surface area contributed by atoms with Crippen LogP contribution in [0.15, 0.2) is 22.7 Å². The maximum atomic E-state index is 12.9. The number of carbonyl (C=O) groups is 1. The topological polar surface area (TPSA) is 41.1 Å². The van der Waals surface area contributed by atoms with Crippen LogP contribution in [-0.4, -0.2) is 19.0 Å². The number of hydrogen-bond acceptors (Lipinski definition) is 2. The van der Waals surface area contributed by atoms with E-state index in [1.54, 1.807) is 12.1 Å². The lowest BCUT2D eigenvalue weighted by molar-refractivity contribution is -0.119. The first kappa shape index (κ1) is 12.0. The van der Waals surface area contributed by atoms with E-state index < -0.39 is 0 Å². The number of benzene rings is 1. The minimum Gasteiger partial charge on any atom is -0.376 e. The first-order chi connectivity index (χ1) is 7.13. The highest BCUT2D eigenvalue weighted by atomic mass is 79.9. The molecule has 0 aliphatic rings. The molecule has 0 aliphatic carbocycles. The molecule has 0 bridgehead atoms. The number of halogens is 2. The zero-order chi connectivity index (χ0) is 11.3. The molecule has 1 amide bonds. The van der Waals surface area contributed by atoms with Crippen molar-refractivity contribution in [1.29, 1.82) is 0 Å². The third-order valence-corrected chi connectivity index (χ3v) is 2.35. The third-order valence-electron chi connectivity index (χ3n) is 1.75. The maximum absolute atomic E-state index is 12.9. The molecule has 0 heterocycles. The minimum atomic E-state index is -0.321. The Hall–Kier alpha value is -1.10. The largest absolute Gasteiger partial charge is 0.376 e. The lowest BCUT2D eigenvalue weighted by Gasteiger charge is -2.06. The molecule has 0 saturated carbocycles. The van der Waals surface area contributed by atoms with Gasteiger partial charge in [0.2, 0.25) is 5.91 Å². The van der Waals surface area contributed by atoms with E-state index in [1.807, 2.05) is 6.92 Å². The Balaban J connectivity index is 2.51. The highest BCUT2D eigenvalue weighted by molar-refractivity contribution is 9.10. The summed E-state index contributed by atoms with van der Waals surface area (Å²) >= 11 is 3.07. The number of anilines is 1. The molecule has 5 heteroatoms. The molecule has 0 aromatic heterocycles. The Morgan fingerprint density at radius 1 is 1.53 bits per heavy atom. The summed E-state index contributed by atoms with van der Waals surface area (Å²) in [7, 11) is 0. The SMILES string of the molecule is CCNC(=O)CNc1ccc(F)c(Br)c1. The van der Waals surface area contributed by atoms with Crippen LogP contribution in [0.3, 0.4) is 0 Å². The molecule has 1 rings (SSSR count). The number of hydrogen-bond donors (Lipinski definition) is 2. The summed E-state index contributed by atoms with van der Waals surface area (Å²) in [5, 5.41) is 5.54. The molecule has 1 aromatic rings. The molecule has 15 heavy (non-hydrogen) atoms. The van der Waals surface area contributed by atoms with Crippen molar-refractivity contribution in [1.82, 2.24) is 5.32 Å². The molecule has 0 spiro atoms. The minimum absolute atomic E-state index is 0.0852. The fourth-order valence-electron chi connectivity index (χ4n) is 1.05. The fourth-order valence-corrected chi connectivity index (χ4v) is 1.43. The lowest BCUT2D eigenvalue weighted by atomic mass is 10.3. The van der Waals surface area contributed by atoms with E-state index in [9.17, 15) is 9.18 Å². The van der Waals surface area contributed by atoms with Crippen molar-refractivity contribution in [3.63, 3.8) is 0 Å². The summed E-state index contributed by atoms with van der Waals surface area (Å²) in [6, 6.07) is 4.51. The Morgan fingerprint density at radius 2 is 2.27 bits per heavy atom. The monoisotopic (exact) mass is 274 g/mol. The summed E-state index contributed by atoms with van der Waals surface area (Å²) in [6.07, 6.45) is 0. The average molecular weight is 275 g/mol. The number of likely N-dealkylation sites (N-methyl/N-ethyl adjacent to an activating group) is 1. The molecule has 82 valence electrons. The van der Waals surface area contributed by atoms with E-state index in [1.165, 1.54) is 6.07 Å². The van der Waals surface area contributed by atoms with Gasteiger partial charge in [0.1, 0.15) is 5.82 Å². The first-order valence-electron chi connectivity index (χ1n) is 4.59. The highest BCUT2D eigenvalue weighted by Crippen LogP contribution is 2.19. The van der Waals surface area contributed by atoms with E-state index in [0.29, 0.717) is 16.7 Å². The van der Waals surface area contributed by atoms with Crippen LogP contribution in [0.2, 0.25) is 0 Å². The summed E-state index contributed by atoms with van der Waals surface area (Å²) in [4.78, 5) is 11.1. The van der Waals surface area contributed by atoms with Gasteiger partial charge in [-0.3, -0.25) is 4.79 Å². The normalized spacial score (nSPS) is 9.80. The maximum Gasteiger partial charge on any atom is 0.239 e. The summed E-state index contributed by atoms with van der Waals surface area (Å²) in [6.45, 7) is 2.64. The van der Waals surface area contributed by atoms with Crippen molar-refractivity contribution in [2.75, 3.05) is 18.4 Å². The van der Waals surface area contributed by atoms with Gasteiger partial charge < -0.3 is 10.6 Å². The van der Waals surface area contributed by atoms with E-state index in [4.69, 9.17) is 0 Å². The van der Waals surface area contributed by atoms with Crippen LogP contribution in [-0.2, 0) is 4.79 Å². The molecule has 0 unspecified atom stereocenters. The molecule has 0 radical (unpaired) electrons. The second kappa shape index (κ2) is 5.70. The Labute approximate surface area is 96.2 Å². The van der Waals surface area contributed by atoms with Crippen LogP contribution < -0.4 is 10.6 Å². The van der Waals surface area contributed by atoms with Crippen molar-refractivity contribution in [3.8, 4) is 0 Å². The molecule has 0 saturated heterocycles. The van der Waals surface area contributed by atoms with Crippen molar-refractivity contribution < 1.29 is 9.18 Å². The van der Waals surface area contributed by atoms with E-state index >= 15 is 0 Å². The second-order valence-corrected chi connectivity index (χ2v) is 3.79. The van der Waals surface area contributed by atoms with Gasteiger partial charge in [0.05, 0.1) is 11.0 Å². The van der Waals surface area contributed by atoms with Crippen LogP contribution in [0.4, 0.5) is 10.1 Å². The zero-order valence-corrected chi connectivity index (χ0v) is 9.90. The van der Waals surface area contributed by atoms with Crippen molar-refractivity contribution in [2.45, 2.75) is 6.92 Å². The second-order valence-electron chi connectivity index (χ2n) is 2.94. The van der Waals surface area contributed by atoms with Gasteiger partial charge in [-0.15, -0.1) is 0 Å². The van der Waals surface area contributed by atoms with Crippen molar-refractivity contribution >= 4 is 27.5 Å². The van der Waals surface area contributed by atoms with Gasteiger partial charge in [-0.25, -0.2) is 4.39 Å². The van der Waals surface area contributed by atoms with Gasteiger partial charge in [0, 0.05) is 12.2 Å². The number of nitrogens with one attached hydrogen (secondary N) is 2. The molecule has 0 atom stereocenters. The highest BCUT2D eigenvalue weighted by Gasteiger charge is 2.02. The average Bonchev–Trinajstić information content (AvgIpc) is 2.20. The number of carbonyl (C=O) groups excluding carboxylic acids is 1. The Morgan fingerprint density at radius 3 is 2.87 bits per heavy atom. The van der Waals surface area contributed by atoms with Crippen LogP contribution in [0.5, 0.6) is 0 Å². The van der Waals surface area contributed by atoms with E-state index in [0.717, 1.165) is 0 Å². The van der Waals surface area contributed by atoms with E-state index in [2.05, 4.69) is 26.6 Å². The lowest BCUT2D eigenvalue weighted by Crippen LogP contribution is -2.29. The van der Waals surface area contributed by atoms with Crippen LogP contribution >= 0.6 is 15.9 Å². The number of amides is 1. The molecule has 2 N–H and O–H groups in total. The first-order valence-corrected chi connectivity index (χ1v) is 5.38. The summed E-state index contributed by atoms with van der Waals surface area (Å²) in [5.74, 6) is -0.406. The molecule has 1 aromatic carbocycles. The molecule has 0 fully saturated rings. The van der Waals surface area contributed by atoms with Gasteiger partial charge in [0.25, 0.3) is 0 Å². The van der Waals surface area contributed by atoms with Crippen LogP contribution in [0.25, 0.3) is 0 Å². The Bertz CT molecular complexity index is 357. The molecular formula is C10H12BrFN2O. The van der Waals surface area contributed by atoms with Gasteiger partial charge in [-0.1, -0.05) is 0 Å². The van der Waals surface area contributed by atoms with Crippen LogP contribution in [0.1, 0.15) is 6.92 Å². The van der Waals surface area contributed by atoms with Crippen molar-refractivity contribution in [3.05, 3.63) is 28.5 Å². The standard InChI is InChI=1S/C10H12BrFN2O/c1-2-13-10(15)6-14-7-3-4-9(12)8(11)5-7/h3-5,14H,2,6H2,1H3,(H,13,15). The molecular weight excluding hydrogens is 263 g/mol.